The lowest BCUT2D eigenvalue weighted by atomic mass is 9.91. The van der Waals surface area contributed by atoms with Gasteiger partial charge in [-0.15, -0.1) is 0 Å². The van der Waals surface area contributed by atoms with E-state index in [0.717, 1.165) is 38.0 Å². The van der Waals surface area contributed by atoms with Gasteiger partial charge in [-0.25, -0.2) is 4.39 Å². The second-order valence-electron chi connectivity index (χ2n) is 6.56. The van der Waals surface area contributed by atoms with Gasteiger partial charge < -0.3 is 15.0 Å². The SMILES string of the molecule is Fc1cccc(OC2=NC(N3CCN(C4CCC4)CC3)=CNC2)c1. The van der Waals surface area contributed by atoms with Gasteiger partial charge in [0.25, 0.3) is 0 Å². The summed E-state index contributed by atoms with van der Waals surface area (Å²) in [6.07, 6.45) is 6.03. The van der Waals surface area contributed by atoms with Gasteiger partial charge in [0.05, 0.1) is 6.54 Å². The molecule has 2 fully saturated rings. The standard InChI is InChI=1S/C18H23FN4O/c19-14-3-1-6-16(11-14)24-18-13-20-12-17(21-18)23-9-7-22(8-10-23)15-4-2-5-15/h1,3,6,11-12,15,20H,2,4-5,7-10,13H2. The summed E-state index contributed by atoms with van der Waals surface area (Å²) in [7, 11) is 0. The highest BCUT2D eigenvalue weighted by molar-refractivity contribution is 5.82. The zero-order chi connectivity index (χ0) is 16.4. The molecule has 2 aliphatic heterocycles. The molecule has 6 heteroatoms. The van der Waals surface area contributed by atoms with Crippen LogP contribution in [0.15, 0.2) is 41.3 Å². The average molecular weight is 330 g/mol. The summed E-state index contributed by atoms with van der Waals surface area (Å²) in [4.78, 5) is 9.50. The lowest BCUT2D eigenvalue weighted by Gasteiger charge is -2.43. The molecule has 128 valence electrons. The van der Waals surface area contributed by atoms with Crippen LogP contribution < -0.4 is 10.1 Å². The summed E-state index contributed by atoms with van der Waals surface area (Å²) < 4.78 is 19.0. The average Bonchev–Trinajstić information content (AvgIpc) is 2.54. The maximum Gasteiger partial charge on any atom is 0.215 e. The molecule has 1 saturated carbocycles. The molecule has 2 heterocycles. The number of aliphatic imine (C=N–C) groups is 1. The van der Waals surface area contributed by atoms with Gasteiger partial charge in [-0.2, -0.15) is 4.99 Å². The van der Waals surface area contributed by atoms with Crippen LogP contribution in [0, 0.1) is 5.82 Å². The summed E-state index contributed by atoms with van der Waals surface area (Å²) in [6, 6.07) is 6.96. The Bertz CT molecular complexity index is 648. The van der Waals surface area contributed by atoms with Gasteiger partial charge in [-0.3, -0.25) is 4.90 Å². The predicted molar refractivity (Wildman–Crippen MR) is 91.3 cm³/mol. The van der Waals surface area contributed by atoms with E-state index in [2.05, 4.69) is 20.1 Å². The third-order valence-corrected chi connectivity index (χ3v) is 4.98. The van der Waals surface area contributed by atoms with E-state index in [-0.39, 0.29) is 5.82 Å². The maximum absolute atomic E-state index is 13.3. The van der Waals surface area contributed by atoms with Crippen LogP contribution in [0.3, 0.4) is 0 Å². The number of nitrogens with one attached hydrogen (secondary N) is 1. The Kier molecular flexibility index (Phi) is 4.38. The minimum absolute atomic E-state index is 0.306. The predicted octanol–water partition coefficient (Wildman–Crippen LogP) is 2.18. The van der Waals surface area contributed by atoms with Crippen LogP contribution in [0.4, 0.5) is 4.39 Å². The van der Waals surface area contributed by atoms with Crippen molar-refractivity contribution in [2.45, 2.75) is 25.3 Å². The Morgan fingerprint density at radius 3 is 2.71 bits per heavy atom. The monoisotopic (exact) mass is 330 g/mol. The molecular weight excluding hydrogens is 307 g/mol. The van der Waals surface area contributed by atoms with Gasteiger partial charge in [0.1, 0.15) is 17.4 Å². The summed E-state index contributed by atoms with van der Waals surface area (Å²) in [6.45, 7) is 4.68. The minimum Gasteiger partial charge on any atom is -0.441 e. The molecule has 5 nitrogen and oxygen atoms in total. The second kappa shape index (κ2) is 6.81. The lowest BCUT2D eigenvalue weighted by Crippen LogP contribution is -2.52. The molecule has 0 atom stereocenters. The summed E-state index contributed by atoms with van der Waals surface area (Å²) >= 11 is 0. The van der Waals surface area contributed by atoms with E-state index >= 15 is 0 Å². The van der Waals surface area contributed by atoms with Crippen molar-refractivity contribution in [3.8, 4) is 5.75 Å². The van der Waals surface area contributed by atoms with Crippen LogP contribution in [0.1, 0.15) is 19.3 Å². The topological polar surface area (TPSA) is 40.1 Å². The Balaban J connectivity index is 1.37. The Morgan fingerprint density at radius 1 is 1.17 bits per heavy atom. The minimum atomic E-state index is -0.306. The molecular formula is C18H23FN4O. The third-order valence-electron chi connectivity index (χ3n) is 4.98. The summed E-state index contributed by atoms with van der Waals surface area (Å²) in [5.74, 6) is 1.65. The Hall–Kier alpha value is -2.08. The van der Waals surface area contributed by atoms with E-state index in [4.69, 9.17) is 4.74 Å². The number of hydrogen-bond acceptors (Lipinski definition) is 5. The largest absolute Gasteiger partial charge is 0.441 e. The van der Waals surface area contributed by atoms with Crippen LogP contribution in [-0.2, 0) is 0 Å². The van der Waals surface area contributed by atoms with Crippen molar-refractivity contribution in [3.05, 3.63) is 42.1 Å². The number of hydrogen-bond donors (Lipinski definition) is 1. The second-order valence-corrected chi connectivity index (χ2v) is 6.56. The Labute approximate surface area is 141 Å². The van der Waals surface area contributed by atoms with E-state index in [0.29, 0.717) is 18.2 Å². The quantitative estimate of drug-likeness (QED) is 0.922. The van der Waals surface area contributed by atoms with E-state index in [1.165, 1.54) is 31.4 Å². The van der Waals surface area contributed by atoms with Gasteiger partial charge in [0.2, 0.25) is 5.90 Å². The number of rotatable bonds is 3. The maximum atomic E-state index is 13.3. The van der Waals surface area contributed by atoms with Crippen LogP contribution in [0.2, 0.25) is 0 Å². The van der Waals surface area contributed by atoms with E-state index < -0.39 is 0 Å². The van der Waals surface area contributed by atoms with Crippen molar-refractivity contribution in [2.24, 2.45) is 4.99 Å². The molecule has 0 aromatic heterocycles. The number of ether oxygens (including phenoxy) is 1. The first kappa shape index (κ1) is 15.4. The molecule has 1 N–H and O–H groups in total. The first-order valence-electron chi connectivity index (χ1n) is 8.71. The molecule has 0 radical (unpaired) electrons. The van der Waals surface area contributed by atoms with E-state index in [9.17, 15) is 4.39 Å². The van der Waals surface area contributed by atoms with Crippen molar-refractivity contribution in [2.75, 3.05) is 32.7 Å². The molecule has 4 rings (SSSR count). The fourth-order valence-electron chi connectivity index (χ4n) is 3.38. The van der Waals surface area contributed by atoms with Crippen LogP contribution in [0.25, 0.3) is 0 Å². The Morgan fingerprint density at radius 2 is 2.00 bits per heavy atom. The molecule has 1 aromatic rings. The van der Waals surface area contributed by atoms with Gasteiger partial charge in [-0.1, -0.05) is 12.5 Å². The van der Waals surface area contributed by atoms with Crippen LogP contribution in [-0.4, -0.2) is 54.5 Å². The van der Waals surface area contributed by atoms with Crippen LogP contribution in [0.5, 0.6) is 5.75 Å². The number of halogens is 1. The highest BCUT2D eigenvalue weighted by Crippen LogP contribution is 2.26. The highest BCUT2D eigenvalue weighted by Gasteiger charge is 2.28. The van der Waals surface area contributed by atoms with Crippen LogP contribution >= 0.6 is 0 Å². The van der Waals surface area contributed by atoms with Crippen molar-refractivity contribution in [1.82, 2.24) is 15.1 Å². The molecule has 24 heavy (non-hydrogen) atoms. The molecule has 0 bridgehead atoms. The smallest absolute Gasteiger partial charge is 0.215 e. The summed E-state index contributed by atoms with van der Waals surface area (Å²) in [5, 5.41) is 3.21. The van der Waals surface area contributed by atoms with Crippen molar-refractivity contribution >= 4 is 5.90 Å². The zero-order valence-electron chi connectivity index (χ0n) is 13.7. The molecule has 3 aliphatic rings. The van der Waals surface area contributed by atoms with E-state index in [1.54, 1.807) is 12.1 Å². The summed E-state index contributed by atoms with van der Waals surface area (Å²) in [5.41, 5.74) is 0. The molecule has 1 aromatic carbocycles. The number of piperazine rings is 1. The fraction of sp³-hybridized carbons (Fsp3) is 0.500. The van der Waals surface area contributed by atoms with Gasteiger partial charge in [-0.05, 0) is 25.0 Å². The normalized spacial score (nSPS) is 22.3. The lowest BCUT2D eigenvalue weighted by molar-refractivity contribution is 0.0738. The van der Waals surface area contributed by atoms with Gasteiger partial charge in [0, 0.05) is 44.5 Å². The highest BCUT2D eigenvalue weighted by atomic mass is 19.1. The van der Waals surface area contributed by atoms with Gasteiger partial charge in [0.15, 0.2) is 0 Å². The van der Waals surface area contributed by atoms with Crippen molar-refractivity contribution in [3.63, 3.8) is 0 Å². The number of benzene rings is 1. The molecule has 0 spiro atoms. The molecule has 0 unspecified atom stereocenters. The van der Waals surface area contributed by atoms with Crippen molar-refractivity contribution < 1.29 is 9.13 Å². The number of nitrogens with zero attached hydrogens (tertiary/aromatic N) is 3. The first-order chi connectivity index (χ1) is 11.8. The fourth-order valence-corrected chi connectivity index (χ4v) is 3.38. The zero-order valence-corrected chi connectivity index (χ0v) is 13.7. The molecule has 1 saturated heterocycles. The molecule has 1 aliphatic carbocycles. The molecule has 0 amide bonds. The first-order valence-corrected chi connectivity index (χ1v) is 8.71. The van der Waals surface area contributed by atoms with Gasteiger partial charge >= 0.3 is 0 Å². The van der Waals surface area contributed by atoms with Crippen molar-refractivity contribution in [1.29, 1.82) is 0 Å². The van der Waals surface area contributed by atoms with E-state index in [1.807, 2.05) is 6.20 Å². The third kappa shape index (κ3) is 3.38.